The van der Waals surface area contributed by atoms with Crippen molar-refractivity contribution in [3.63, 3.8) is 0 Å². The molecular weight excluding hydrogens is 364 g/mol. The number of hydrogen-bond donors (Lipinski definition) is 1. The standard InChI is InChI=1S/C20H24N2O4S/c1-14-5-10-19(15(2)13-14)22(27(4,25)26)12-11-20(24)21-18-8-6-17(7-9-18)16(3)23/h5-10,13H,11-12H2,1-4H3,(H,21,24). The fraction of sp³-hybridized carbons (Fsp3) is 0.300. The first-order valence-corrected chi connectivity index (χ1v) is 10.4. The second kappa shape index (κ2) is 8.35. The van der Waals surface area contributed by atoms with E-state index in [2.05, 4.69) is 5.32 Å². The minimum Gasteiger partial charge on any atom is -0.326 e. The van der Waals surface area contributed by atoms with Crippen LogP contribution in [-0.2, 0) is 14.8 Å². The van der Waals surface area contributed by atoms with Crippen LogP contribution in [0, 0.1) is 13.8 Å². The van der Waals surface area contributed by atoms with E-state index in [1.807, 2.05) is 26.0 Å². The number of sulfonamides is 1. The van der Waals surface area contributed by atoms with Crippen LogP contribution in [0.4, 0.5) is 11.4 Å². The second-order valence-corrected chi connectivity index (χ2v) is 8.46. The third kappa shape index (κ3) is 5.65. The van der Waals surface area contributed by atoms with Crippen molar-refractivity contribution in [1.82, 2.24) is 0 Å². The maximum Gasteiger partial charge on any atom is 0.232 e. The molecule has 0 aromatic heterocycles. The summed E-state index contributed by atoms with van der Waals surface area (Å²) in [7, 11) is -3.52. The molecule has 2 aromatic carbocycles. The SMILES string of the molecule is CC(=O)c1ccc(NC(=O)CCN(c2ccc(C)cc2C)S(C)(=O)=O)cc1. The molecule has 27 heavy (non-hydrogen) atoms. The highest BCUT2D eigenvalue weighted by Gasteiger charge is 2.20. The third-order valence-corrected chi connectivity index (χ3v) is 5.32. The van der Waals surface area contributed by atoms with Gasteiger partial charge in [0.1, 0.15) is 0 Å². The van der Waals surface area contributed by atoms with Gasteiger partial charge in [0.05, 0.1) is 11.9 Å². The predicted molar refractivity (Wildman–Crippen MR) is 108 cm³/mol. The Kier molecular flexibility index (Phi) is 6.38. The number of Topliss-reactive ketones (excluding diaryl/α,β-unsaturated/α-hetero) is 1. The number of anilines is 2. The molecule has 7 heteroatoms. The van der Waals surface area contributed by atoms with Crippen LogP contribution in [0.3, 0.4) is 0 Å². The van der Waals surface area contributed by atoms with Crippen molar-refractivity contribution in [3.8, 4) is 0 Å². The molecule has 0 aliphatic rings. The Bertz CT molecular complexity index is 950. The number of nitrogens with zero attached hydrogens (tertiary/aromatic N) is 1. The molecule has 0 heterocycles. The lowest BCUT2D eigenvalue weighted by molar-refractivity contribution is -0.116. The van der Waals surface area contributed by atoms with Crippen molar-refractivity contribution in [1.29, 1.82) is 0 Å². The first-order chi connectivity index (χ1) is 12.6. The Labute approximate surface area is 160 Å². The van der Waals surface area contributed by atoms with Crippen molar-refractivity contribution in [2.24, 2.45) is 0 Å². The second-order valence-electron chi connectivity index (χ2n) is 6.56. The molecule has 0 bridgehead atoms. The number of ketones is 1. The predicted octanol–water partition coefficient (Wildman–Crippen LogP) is 3.30. The van der Waals surface area contributed by atoms with E-state index in [4.69, 9.17) is 0 Å². The number of benzene rings is 2. The van der Waals surface area contributed by atoms with E-state index in [0.717, 1.165) is 17.4 Å². The molecule has 0 atom stereocenters. The summed E-state index contributed by atoms with van der Waals surface area (Å²) in [5, 5.41) is 2.72. The molecule has 0 saturated carbocycles. The Balaban J connectivity index is 2.08. The zero-order chi connectivity index (χ0) is 20.2. The molecule has 0 aliphatic heterocycles. The van der Waals surface area contributed by atoms with Crippen LogP contribution in [0.15, 0.2) is 42.5 Å². The van der Waals surface area contributed by atoms with E-state index in [1.165, 1.54) is 11.2 Å². The van der Waals surface area contributed by atoms with Gasteiger partial charge in [-0.1, -0.05) is 17.7 Å². The van der Waals surface area contributed by atoms with E-state index in [1.54, 1.807) is 30.3 Å². The molecule has 0 radical (unpaired) electrons. The first-order valence-electron chi connectivity index (χ1n) is 8.54. The summed E-state index contributed by atoms with van der Waals surface area (Å²) in [5.74, 6) is -0.353. The molecule has 144 valence electrons. The first kappa shape index (κ1) is 20.6. The molecule has 0 unspecified atom stereocenters. The number of nitrogens with one attached hydrogen (secondary N) is 1. The van der Waals surface area contributed by atoms with Gasteiger partial charge in [-0.25, -0.2) is 8.42 Å². The minimum absolute atomic E-state index is 0.00878. The molecule has 0 aliphatic carbocycles. The number of rotatable bonds is 7. The lowest BCUT2D eigenvalue weighted by Gasteiger charge is -2.24. The van der Waals surface area contributed by atoms with E-state index >= 15 is 0 Å². The zero-order valence-electron chi connectivity index (χ0n) is 15.9. The molecule has 6 nitrogen and oxygen atoms in total. The lowest BCUT2D eigenvalue weighted by Crippen LogP contribution is -2.33. The van der Waals surface area contributed by atoms with Crippen molar-refractivity contribution in [2.75, 3.05) is 22.4 Å². The molecule has 0 saturated heterocycles. The number of hydrogen-bond acceptors (Lipinski definition) is 4. The quantitative estimate of drug-likeness (QED) is 0.738. The average Bonchev–Trinajstić information content (AvgIpc) is 2.56. The van der Waals surface area contributed by atoms with Crippen molar-refractivity contribution >= 4 is 33.1 Å². The van der Waals surface area contributed by atoms with Crippen LogP contribution in [0.2, 0.25) is 0 Å². The van der Waals surface area contributed by atoms with E-state index in [-0.39, 0.29) is 24.7 Å². The van der Waals surface area contributed by atoms with Gasteiger partial charge in [-0.05, 0) is 56.7 Å². The van der Waals surface area contributed by atoms with Crippen molar-refractivity contribution in [3.05, 3.63) is 59.2 Å². The van der Waals surface area contributed by atoms with Crippen LogP contribution in [0.1, 0.15) is 34.8 Å². The van der Waals surface area contributed by atoms with Gasteiger partial charge in [0.15, 0.2) is 5.78 Å². The highest BCUT2D eigenvalue weighted by molar-refractivity contribution is 7.92. The van der Waals surface area contributed by atoms with Crippen LogP contribution in [0.5, 0.6) is 0 Å². The number of carbonyl (C=O) groups is 2. The molecule has 0 spiro atoms. The Morgan fingerprint density at radius 1 is 1.04 bits per heavy atom. The summed E-state index contributed by atoms with van der Waals surface area (Å²) >= 11 is 0. The number of carbonyl (C=O) groups excluding carboxylic acids is 2. The summed E-state index contributed by atoms with van der Waals surface area (Å²) in [6.07, 6.45) is 1.14. The summed E-state index contributed by atoms with van der Waals surface area (Å²) < 4.78 is 25.7. The normalized spacial score (nSPS) is 11.1. The molecule has 2 aromatic rings. The van der Waals surface area contributed by atoms with E-state index in [0.29, 0.717) is 16.9 Å². The van der Waals surface area contributed by atoms with Gasteiger partial charge in [-0.3, -0.25) is 13.9 Å². The van der Waals surface area contributed by atoms with Crippen molar-refractivity contribution in [2.45, 2.75) is 27.2 Å². The Hall–Kier alpha value is -2.67. The lowest BCUT2D eigenvalue weighted by atomic mass is 10.1. The van der Waals surface area contributed by atoms with Crippen LogP contribution < -0.4 is 9.62 Å². The number of aryl methyl sites for hydroxylation is 2. The topological polar surface area (TPSA) is 83.6 Å². The Morgan fingerprint density at radius 3 is 2.19 bits per heavy atom. The molecule has 1 N–H and O–H groups in total. The largest absolute Gasteiger partial charge is 0.326 e. The summed E-state index contributed by atoms with van der Waals surface area (Å²) in [6.45, 7) is 5.30. The Morgan fingerprint density at radius 2 is 1.67 bits per heavy atom. The van der Waals surface area contributed by atoms with Crippen LogP contribution in [0.25, 0.3) is 0 Å². The highest BCUT2D eigenvalue weighted by atomic mass is 32.2. The van der Waals surface area contributed by atoms with Gasteiger partial charge in [0, 0.05) is 24.2 Å². The van der Waals surface area contributed by atoms with Gasteiger partial charge >= 0.3 is 0 Å². The maximum atomic E-state index is 12.2. The summed E-state index contributed by atoms with van der Waals surface area (Å²) in [6, 6.07) is 12.1. The smallest absolute Gasteiger partial charge is 0.232 e. The van der Waals surface area contributed by atoms with Crippen LogP contribution in [-0.4, -0.2) is 32.9 Å². The summed E-state index contributed by atoms with van der Waals surface area (Å²) in [4.78, 5) is 23.5. The van der Waals surface area contributed by atoms with Gasteiger partial charge in [0.25, 0.3) is 0 Å². The fourth-order valence-corrected chi connectivity index (χ4v) is 3.75. The molecular formula is C20H24N2O4S. The van der Waals surface area contributed by atoms with Gasteiger partial charge in [0.2, 0.25) is 15.9 Å². The van der Waals surface area contributed by atoms with Gasteiger partial charge in [-0.15, -0.1) is 0 Å². The van der Waals surface area contributed by atoms with E-state index < -0.39 is 10.0 Å². The maximum absolute atomic E-state index is 12.2. The van der Waals surface area contributed by atoms with Gasteiger partial charge in [-0.2, -0.15) is 0 Å². The highest BCUT2D eigenvalue weighted by Crippen LogP contribution is 2.24. The fourth-order valence-electron chi connectivity index (χ4n) is 2.76. The third-order valence-electron chi connectivity index (χ3n) is 4.14. The zero-order valence-corrected chi connectivity index (χ0v) is 16.8. The number of amides is 1. The van der Waals surface area contributed by atoms with Crippen molar-refractivity contribution < 1.29 is 18.0 Å². The minimum atomic E-state index is -3.52. The van der Waals surface area contributed by atoms with E-state index in [9.17, 15) is 18.0 Å². The molecule has 2 rings (SSSR count). The molecule has 1 amide bonds. The average molecular weight is 388 g/mol. The van der Waals surface area contributed by atoms with Crippen LogP contribution >= 0.6 is 0 Å². The molecule has 0 fully saturated rings. The summed E-state index contributed by atoms with van der Waals surface area (Å²) in [5.41, 5.74) is 3.56. The monoisotopic (exact) mass is 388 g/mol. The van der Waals surface area contributed by atoms with Gasteiger partial charge < -0.3 is 5.32 Å².